The Morgan fingerprint density at radius 1 is 1.21 bits per heavy atom. The van der Waals surface area contributed by atoms with E-state index in [1.54, 1.807) is 0 Å². The van der Waals surface area contributed by atoms with Gasteiger partial charge in [-0.25, -0.2) is 0 Å². The maximum Gasteiger partial charge on any atom is 0.320 e. The molecule has 6 nitrogen and oxygen atoms in total. The molecule has 0 saturated heterocycles. The summed E-state index contributed by atoms with van der Waals surface area (Å²) in [7, 11) is 2.42. The zero-order valence-corrected chi connectivity index (χ0v) is 11.5. The van der Waals surface area contributed by atoms with Crippen LogP contribution in [0.3, 0.4) is 0 Å². The van der Waals surface area contributed by atoms with E-state index in [9.17, 15) is 9.59 Å². The van der Waals surface area contributed by atoms with Crippen molar-refractivity contribution in [1.29, 1.82) is 0 Å². The van der Waals surface area contributed by atoms with E-state index in [0.29, 0.717) is 19.4 Å². The number of methoxy groups -OCH3 is 2. The highest BCUT2D eigenvalue weighted by Crippen LogP contribution is 2.14. The number of rotatable bonds is 10. The number of hydrogen-bond acceptors (Lipinski definition) is 6. The third kappa shape index (κ3) is 6.93. The number of aliphatic hydroxyl groups excluding tert-OH is 1. The van der Waals surface area contributed by atoms with Gasteiger partial charge in [0.1, 0.15) is 0 Å². The van der Waals surface area contributed by atoms with Crippen LogP contribution in [0.5, 0.6) is 0 Å². The Kier molecular flexibility index (Phi) is 9.74. The highest BCUT2D eigenvalue weighted by molar-refractivity contribution is 5.94. The normalized spacial score (nSPS) is 12.0. The lowest BCUT2D eigenvalue weighted by Crippen LogP contribution is -2.30. The fourth-order valence-electron chi connectivity index (χ4n) is 1.49. The predicted octanol–water partition coefficient (Wildman–Crippen LogP) is 0.682. The van der Waals surface area contributed by atoms with Crippen molar-refractivity contribution in [2.24, 2.45) is 5.92 Å². The van der Waals surface area contributed by atoms with Crippen LogP contribution >= 0.6 is 0 Å². The van der Waals surface area contributed by atoms with Gasteiger partial charge in [-0.3, -0.25) is 9.59 Å². The summed E-state index contributed by atoms with van der Waals surface area (Å²) in [5, 5.41) is 8.65. The van der Waals surface area contributed by atoms with Crippen LogP contribution in [0.2, 0.25) is 0 Å². The number of unbranched alkanes of at least 4 members (excludes halogenated alkanes) is 1. The summed E-state index contributed by atoms with van der Waals surface area (Å²) in [5.74, 6) is -2.33. The Bertz CT molecular complexity index is 273. The monoisotopic (exact) mass is 274 g/mol. The van der Waals surface area contributed by atoms with Crippen LogP contribution in [0, 0.1) is 5.92 Å². The molecule has 0 heterocycles. The predicted molar refractivity (Wildman–Crippen MR) is 68.4 cm³/mol. The van der Waals surface area contributed by atoms with Crippen molar-refractivity contribution in [2.75, 3.05) is 27.4 Å². The molecule has 1 unspecified atom stereocenters. The van der Waals surface area contributed by atoms with Crippen molar-refractivity contribution >= 4 is 11.9 Å². The third-order valence-corrected chi connectivity index (χ3v) is 2.59. The van der Waals surface area contributed by atoms with Gasteiger partial charge in [-0.2, -0.15) is 0 Å². The molecule has 1 atom stereocenters. The van der Waals surface area contributed by atoms with Gasteiger partial charge in [0.15, 0.2) is 5.92 Å². The van der Waals surface area contributed by atoms with E-state index in [0.717, 1.165) is 0 Å². The van der Waals surface area contributed by atoms with E-state index in [1.807, 2.05) is 0 Å². The molecule has 0 aliphatic carbocycles. The number of carbonyl (C=O) groups excluding carboxylic acids is 2. The minimum Gasteiger partial charge on any atom is -0.468 e. The van der Waals surface area contributed by atoms with E-state index >= 15 is 0 Å². The molecule has 0 saturated carbocycles. The summed E-state index contributed by atoms with van der Waals surface area (Å²) in [5.41, 5.74) is 0. The van der Waals surface area contributed by atoms with Gasteiger partial charge in [-0.15, -0.1) is 6.58 Å². The summed E-state index contributed by atoms with van der Waals surface area (Å²) in [6, 6.07) is 0. The molecule has 0 aromatic carbocycles. The molecule has 0 aliphatic rings. The molecule has 0 radical (unpaired) electrons. The molecule has 19 heavy (non-hydrogen) atoms. The maximum atomic E-state index is 11.5. The molecular formula is C13H22O6. The van der Waals surface area contributed by atoms with E-state index in [1.165, 1.54) is 20.3 Å². The van der Waals surface area contributed by atoms with Crippen molar-refractivity contribution in [3.8, 4) is 0 Å². The Morgan fingerprint density at radius 3 is 2.21 bits per heavy atom. The lowest BCUT2D eigenvalue weighted by molar-refractivity contribution is -0.160. The molecule has 6 heteroatoms. The SMILES string of the molecule is C=CC(CC(C(=O)OC)C(=O)OC)OCCCCO. The van der Waals surface area contributed by atoms with Crippen LogP contribution in [0.25, 0.3) is 0 Å². The van der Waals surface area contributed by atoms with Crippen LogP contribution < -0.4 is 0 Å². The van der Waals surface area contributed by atoms with Crippen LogP contribution in [-0.4, -0.2) is 50.6 Å². The largest absolute Gasteiger partial charge is 0.468 e. The standard InChI is InChI=1S/C13H22O6/c1-4-10(19-8-6-5-7-14)9-11(12(15)17-2)13(16)18-3/h4,10-11,14H,1,5-9H2,2-3H3. The van der Waals surface area contributed by atoms with Crippen LogP contribution in [-0.2, 0) is 23.8 Å². The second kappa shape index (κ2) is 10.5. The van der Waals surface area contributed by atoms with Gasteiger partial charge in [0.25, 0.3) is 0 Å². The second-order valence-corrected chi connectivity index (χ2v) is 3.91. The first-order valence-corrected chi connectivity index (χ1v) is 6.11. The summed E-state index contributed by atoms with van der Waals surface area (Å²) >= 11 is 0. The molecular weight excluding hydrogens is 252 g/mol. The first kappa shape index (κ1) is 17.6. The summed E-state index contributed by atoms with van der Waals surface area (Å²) in [6.45, 7) is 4.13. The minimum absolute atomic E-state index is 0.106. The Hall–Kier alpha value is -1.40. The van der Waals surface area contributed by atoms with Gasteiger partial charge in [-0.1, -0.05) is 6.08 Å². The molecule has 0 spiro atoms. The molecule has 0 aliphatic heterocycles. The number of esters is 2. The maximum absolute atomic E-state index is 11.5. The molecule has 0 fully saturated rings. The summed E-state index contributed by atoms with van der Waals surface area (Å²) in [4.78, 5) is 23.0. The first-order chi connectivity index (χ1) is 9.10. The number of ether oxygens (including phenoxy) is 3. The van der Waals surface area contributed by atoms with Gasteiger partial charge >= 0.3 is 11.9 Å². The molecule has 0 aromatic heterocycles. The van der Waals surface area contributed by atoms with Crippen molar-refractivity contribution < 1.29 is 28.9 Å². The zero-order chi connectivity index (χ0) is 14.7. The molecule has 1 N–H and O–H groups in total. The number of hydrogen-bond donors (Lipinski definition) is 1. The number of aliphatic hydroxyl groups is 1. The van der Waals surface area contributed by atoms with E-state index in [4.69, 9.17) is 9.84 Å². The third-order valence-electron chi connectivity index (χ3n) is 2.59. The summed E-state index contributed by atoms with van der Waals surface area (Å²) in [6.07, 6.45) is 2.55. The molecule has 0 rings (SSSR count). The van der Waals surface area contributed by atoms with Crippen molar-refractivity contribution in [2.45, 2.75) is 25.4 Å². The lowest BCUT2D eigenvalue weighted by atomic mass is 10.0. The highest BCUT2D eigenvalue weighted by Gasteiger charge is 2.31. The van der Waals surface area contributed by atoms with Crippen LogP contribution in [0.15, 0.2) is 12.7 Å². The summed E-state index contributed by atoms with van der Waals surface area (Å²) < 4.78 is 14.6. The zero-order valence-electron chi connectivity index (χ0n) is 11.5. The van der Waals surface area contributed by atoms with Gasteiger partial charge in [0.2, 0.25) is 0 Å². The Morgan fingerprint density at radius 2 is 1.79 bits per heavy atom. The van der Waals surface area contributed by atoms with Gasteiger partial charge in [0.05, 0.1) is 20.3 Å². The average Bonchev–Trinajstić information content (AvgIpc) is 2.45. The molecule has 0 aromatic rings. The average molecular weight is 274 g/mol. The Balaban J connectivity index is 4.39. The quantitative estimate of drug-likeness (QED) is 0.273. The Labute approximate surface area is 113 Å². The van der Waals surface area contributed by atoms with E-state index in [-0.39, 0.29) is 13.0 Å². The second-order valence-electron chi connectivity index (χ2n) is 3.91. The smallest absolute Gasteiger partial charge is 0.320 e. The molecule has 0 amide bonds. The van der Waals surface area contributed by atoms with Crippen LogP contribution in [0.4, 0.5) is 0 Å². The van der Waals surface area contributed by atoms with Crippen LogP contribution in [0.1, 0.15) is 19.3 Å². The fraction of sp³-hybridized carbons (Fsp3) is 0.692. The fourth-order valence-corrected chi connectivity index (χ4v) is 1.49. The van der Waals surface area contributed by atoms with Gasteiger partial charge in [-0.05, 0) is 12.8 Å². The minimum atomic E-state index is -1.02. The van der Waals surface area contributed by atoms with Crippen molar-refractivity contribution in [3.05, 3.63) is 12.7 Å². The van der Waals surface area contributed by atoms with Gasteiger partial charge in [0, 0.05) is 19.6 Å². The molecule has 110 valence electrons. The lowest BCUT2D eigenvalue weighted by Gasteiger charge is -2.18. The van der Waals surface area contributed by atoms with Gasteiger partial charge < -0.3 is 19.3 Å². The molecule has 0 bridgehead atoms. The van der Waals surface area contributed by atoms with Crippen molar-refractivity contribution in [3.63, 3.8) is 0 Å². The van der Waals surface area contributed by atoms with Crippen molar-refractivity contribution in [1.82, 2.24) is 0 Å². The first-order valence-electron chi connectivity index (χ1n) is 6.11. The highest BCUT2D eigenvalue weighted by atomic mass is 16.5. The van der Waals surface area contributed by atoms with E-state index in [2.05, 4.69) is 16.1 Å². The number of carbonyl (C=O) groups is 2. The van der Waals surface area contributed by atoms with E-state index < -0.39 is 24.0 Å². The topological polar surface area (TPSA) is 82.1 Å².